The first-order valence-electron chi connectivity index (χ1n) is 4.37. The fourth-order valence-electron chi connectivity index (χ4n) is 1.36. The summed E-state index contributed by atoms with van der Waals surface area (Å²) in [6, 6.07) is 14.8. The van der Waals surface area contributed by atoms with Gasteiger partial charge in [0.2, 0.25) is 0 Å². The lowest BCUT2D eigenvalue weighted by atomic mass is 10.1. The van der Waals surface area contributed by atoms with Gasteiger partial charge in [-0.2, -0.15) is 0 Å². The molecule has 2 aromatic carbocycles. The number of rotatable bonds is 1. The zero-order valence-corrected chi connectivity index (χ0v) is 13.0. The molecule has 2 rings (SSSR count). The van der Waals surface area contributed by atoms with Gasteiger partial charge in [0.1, 0.15) is 0 Å². The van der Waals surface area contributed by atoms with Crippen LogP contribution in [0.3, 0.4) is 0 Å². The van der Waals surface area contributed by atoms with E-state index in [1.54, 1.807) is 0 Å². The lowest BCUT2D eigenvalue weighted by molar-refractivity contribution is 1.55. The molecule has 0 spiro atoms. The van der Waals surface area contributed by atoms with E-state index in [-0.39, 0.29) is 0 Å². The van der Waals surface area contributed by atoms with Gasteiger partial charge in [0.15, 0.2) is 0 Å². The fraction of sp³-hybridized carbons (Fsp3) is 0. The minimum absolute atomic E-state index is 1.09. The summed E-state index contributed by atoms with van der Waals surface area (Å²) >= 11 is 9.30. The van der Waals surface area contributed by atoms with Crippen molar-refractivity contribution in [1.29, 1.82) is 0 Å². The van der Waals surface area contributed by atoms with Crippen molar-refractivity contribution < 1.29 is 0 Å². The molecule has 3 heteroatoms. The maximum absolute atomic E-state index is 3.49. The molecule has 0 saturated carbocycles. The van der Waals surface area contributed by atoms with E-state index in [0.29, 0.717) is 0 Å². The molecule has 0 heterocycles. The maximum Gasteiger partial charge on any atom is 0.0192 e. The first kappa shape index (κ1) is 11.6. The Labute approximate surface area is 119 Å². The highest BCUT2D eigenvalue weighted by atomic mass is 127. The van der Waals surface area contributed by atoms with E-state index in [1.807, 2.05) is 6.07 Å². The number of halogens is 3. The van der Waals surface area contributed by atoms with Crippen molar-refractivity contribution in [3.05, 3.63) is 55.0 Å². The zero-order valence-electron chi connectivity index (χ0n) is 7.68. The van der Waals surface area contributed by atoms with Crippen LogP contribution in [0.25, 0.3) is 11.1 Å². The molecule has 0 N–H and O–H groups in total. The van der Waals surface area contributed by atoms with Crippen LogP contribution in [0.2, 0.25) is 0 Å². The molecule has 0 saturated heterocycles. The van der Waals surface area contributed by atoms with Gasteiger partial charge in [-0.15, -0.1) is 0 Å². The van der Waals surface area contributed by atoms with Crippen molar-refractivity contribution in [3.8, 4) is 11.1 Å². The first-order valence-corrected chi connectivity index (χ1v) is 7.04. The van der Waals surface area contributed by atoms with Crippen molar-refractivity contribution in [2.75, 3.05) is 0 Å². The minimum atomic E-state index is 1.09. The highest BCUT2D eigenvalue weighted by molar-refractivity contribution is 14.1. The molecule has 0 amide bonds. The Hall–Kier alpha value is 0.130. The van der Waals surface area contributed by atoms with E-state index in [4.69, 9.17) is 0 Å². The first-order chi connectivity index (χ1) is 7.15. The smallest absolute Gasteiger partial charge is 0.0192 e. The van der Waals surface area contributed by atoms with Gasteiger partial charge in [-0.05, 0) is 64.0 Å². The van der Waals surface area contributed by atoms with E-state index in [1.165, 1.54) is 14.7 Å². The van der Waals surface area contributed by atoms with Crippen molar-refractivity contribution in [3.63, 3.8) is 0 Å². The third-order valence-corrected chi connectivity index (χ3v) is 3.67. The second-order valence-corrected chi connectivity index (χ2v) is 6.24. The van der Waals surface area contributed by atoms with Crippen LogP contribution in [0.4, 0.5) is 0 Å². The normalized spacial score (nSPS) is 10.3. The van der Waals surface area contributed by atoms with Crippen molar-refractivity contribution in [2.24, 2.45) is 0 Å². The van der Waals surface area contributed by atoms with Gasteiger partial charge in [0.25, 0.3) is 0 Å². The van der Waals surface area contributed by atoms with Crippen LogP contribution in [-0.4, -0.2) is 0 Å². The molecular formula is C12H7Br2I. The van der Waals surface area contributed by atoms with Gasteiger partial charge >= 0.3 is 0 Å². The van der Waals surface area contributed by atoms with Crippen LogP contribution in [0, 0.1) is 3.57 Å². The monoisotopic (exact) mass is 436 g/mol. The highest BCUT2D eigenvalue weighted by Crippen LogP contribution is 2.27. The van der Waals surface area contributed by atoms with Crippen LogP contribution in [0.5, 0.6) is 0 Å². The van der Waals surface area contributed by atoms with E-state index in [9.17, 15) is 0 Å². The fourth-order valence-corrected chi connectivity index (χ4v) is 3.02. The molecule has 0 fully saturated rings. The third kappa shape index (κ3) is 3.04. The Bertz CT molecular complexity index is 457. The molecule has 0 nitrogen and oxygen atoms in total. The number of benzene rings is 2. The van der Waals surface area contributed by atoms with Crippen LogP contribution in [-0.2, 0) is 0 Å². The van der Waals surface area contributed by atoms with Gasteiger partial charge in [0.05, 0.1) is 0 Å². The van der Waals surface area contributed by atoms with Gasteiger partial charge in [-0.1, -0.05) is 44.0 Å². The molecule has 0 bridgehead atoms. The predicted molar refractivity (Wildman–Crippen MR) is 80.0 cm³/mol. The summed E-state index contributed by atoms with van der Waals surface area (Å²) in [6.45, 7) is 0. The summed E-state index contributed by atoms with van der Waals surface area (Å²) in [5.74, 6) is 0. The van der Waals surface area contributed by atoms with Gasteiger partial charge < -0.3 is 0 Å². The largest absolute Gasteiger partial charge is 0.0533 e. The molecule has 2 aromatic rings. The molecule has 0 atom stereocenters. The number of hydrogen-bond donors (Lipinski definition) is 0. The van der Waals surface area contributed by atoms with E-state index < -0.39 is 0 Å². The summed E-state index contributed by atoms with van der Waals surface area (Å²) in [4.78, 5) is 0. The second-order valence-electron chi connectivity index (χ2n) is 3.17. The summed E-state index contributed by atoms with van der Waals surface area (Å²) in [6.07, 6.45) is 0. The standard InChI is InChI=1S/C12H7Br2I/c13-10-5-9(6-11(14)7-10)8-1-3-12(15)4-2-8/h1-7H. The quantitative estimate of drug-likeness (QED) is 0.518. The Morgan fingerprint density at radius 3 is 1.80 bits per heavy atom. The van der Waals surface area contributed by atoms with Crippen LogP contribution in [0.1, 0.15) is 0 Å². The second kappa shape index (κ2) is 4.97. The average molecular weight is 438 g/mol. The van der Waals surface area contributed by atoms with Crippen molar-refractivity contribution in [1.82, 2.24) is 0 Å². The summed E-state index contributed by atoms with van der Waals surface area (Å²) in [7, 11) is 0. The summed E-state index contributed by atoms with van der Waals surface area (Å²) in [5, 5.41) is 0. The predicted octanol–water partition coefficient (Wildman–Crippen LogP) is 5.48. The van der Waals surface area contributed by atoms with Crippen LogP contribution in [0.15, 0.2) is 51.4 Å². The van der Waals surface area contributed by atoms with Crippen molar-refractivity contribution >= 4 is 54.5 Å². The van der Waals surface area contributed by atoms with Crippen LogP contribution >= 0.6 is 54.5 Å². The highest BCUT2D eigenvalue weighted by Gasteiger charge is 2.00. The Morgan fingerprint density at radius 1 is 0.733 bits per heavy atom. The van der Waals surface area contributed by atoms with Gasteiger partial charge in [-0.25, -0.2) is 0 Å². The van der Waals surface area contributed by atoms with E-state index in [0.717, 1.165) is 8.95 Å². The molecule has 0 unspecified atom stereocenters. The SMILES string of the molecule is Brc1cc(Br)cc(-c2ccc(I)cc2)c1. The molecule has 0 aromatic heterocycles. The minimum Gasteiger partial charge on any atom is -0.0533 e. The molecule has 0 aliphatic rings. The maximum atomic E-state index is 3.49. The molecule has 0 aliphatic heterocycles. The molecule has 0 radical (unpaired) electrons. The lowest BCUT2D eigenvalue weighted by Crippen LogP contribution is -1.79. The average Bonchev–Trinajstić information content (AvgIpc) is 2.17. The molecule has 76 valence electrons. The van der Waals surface area contributed by atoms with Gasteiger partial charge in [-0.3, -0.25) is 0 Å². The third-order valence-electron chi connectivity index (χ3n) is 2.04. The lowest BCUT2D eigenvalue weighted by Gasteiger charge is -2.03. The zero-order chi connectivity index (χ0) is 10.8. The van der Waals surface area contributed by atoms with Gasteiger partial charge in [0, 0.05) is 12.5 Å². The Kier molecular flexibility index (Phi) is 3.85. The summed E-state index contributed by atoms with van der Waals surface area (Å²) < 4.78 is 3.43. The van der Waals surface area contributed by atoms with Crippen LogP contribution < -0.4 is 0 Å². The topological polar surface area (TPSA) is 0 Å². The molecular weight excluding hydrogens is 431 g/mol. The van der Waals surface area contributed by atoms with Crippen molar-refractivity contribution in [2.45, 2.75) is 0 Å². The van der Waals surface area contributed by atoms with E-state index >= 15 is 0 Å². The number of hydrogen-bond acceptors (Lipinski definition) is 0. The summed E-state index contributed by atoms with van der Waals surface area (Å²) in [5.41, 5.74) is 2.45. The Balaban J connectivity index is 2.49. The molecule has 0 aliphatic carbocycles. The Morgan fingerprint density at radius 2 is 1.27 bits per heavy atom. The van der Waals surface area contributed by atoms with E-state index in [2.05, 4.69) is 90.8 Å². The molecule has 15 heavy (non-hydrogen) atoms.